The molecule has 0 N–H and O–H groups in total. The summed E-state index contributed by atoms with van der Waals surface area (Å²) >= 11 is 3.26. The third-order valence-corrected chi connectivity index (χ3v) is 4.55. The molecule has 0 unspecified atom stereocenters. The predicted molar refractivity (Wildman–Crippen MR) is 92.5 cm³/mol. The van der Waals surface area contributed by atoms with Crippen molar-refractivity contribution < 1.29 is 19.1 Å². The molecule has 0 atom stereocenters. The SMILES string of the molecule is CC(=O)Oc1cccc2c1C(=O)C(Cc1ccccc1)=C(Br)C2=O. The second-order valence-electron chi connectivity index (χ2n) is 5.39. The third kappa shape index (κ3) is 2.95. The lowest BCUT2D eigenvalue weighted by Crippen LogP contribution is -2.22. The number of carbonyl (C=O) groups excluding carboxylic acids is 3. The highest BCUT2D eigenvalue weighted by Crippen LogP contribution is 2.36. The summed E-state index contributed by atoms with van der Waals surface area (Å²) in [6.45, 7) is 1.26. The first-order chi connectivity index (χ1) is 11.5. The van der Waals surface area contributed by atoms with Crippen molar-refractivity contribution in [3.8, 4) is 5.75 Å². The van der Waals surface area contributed by atoms with E-state index in [0.29, 0.717) is 12.0 Å². The molecule has 0 aliphatic heterocycles. The monoisotopic (exact) mass is 384 g/mol. The highest BCUT2D eigenvalue weighted by Gasteiger charge is 2.33. The number of benzene rings is 2. The van der Waals surface area contributed by atoms with Crippen LogP contribution in [-0.2, 0) is 11.2 Å². The summed E-state index contributed by atoms with van der Waals surface area (Å²) < 4.78 is 5.37. The minimum atomic E-state index is -0.540. The molecular formula is C19H13BrO4. The van der Waals surface area contributed by atoms with Gasteiger partial charge in [-0.3, -0.25) is 14.4 Å². The van der Waals surface area contributed by atoms with E-state index in [-0.39, 0.29) is 32.9 Å². The van der Waals surface area contributed by atoms with E-state index in [1.807, 2.05) is 30.3 Å². The van der Waals surface area contributed by atoms with E-state index in [1.165, 1.54) is 13.0 Å². The molecule has 3 rings (SSSR count). The van der Waals surface area contributed by atoms with Gasteiger partial charge in [-0.05, 0) is 33.6 Å². The average Bonchev–Trinajstić information content (AvgIpc) is 2.57. The first kappa shape index (κ1) is 16.3. The van der Waals surface area contributed by atoms with Gasteiger partial charge in [-0.1, -0.05) is 36.4 Å². The molecule has 0 saturated carbocycles. The van der Waals surface area contributed by atoms with Crippen molar-refractivity contribution in [3.63, 3.8) is 0 Å². The van der Waals surface area contributed by atoms with Crippen LogP contribution in [0.3, 0.4) is 0 Å². The van der Waals surface area contributed by atoms with Gasteiger partial charge in [0.05, 0.1) is 10.0 Å². The minimum Gasteiger partial charge on any atom is -0.426 e. The van der Waals surface area contributed by atoms with Crippen molar-refractivity contribution in [3.05, 3.63) is 75.3 Å². The number of fused-ring (bicyclic) bond motifs is 1. The lowest BCUT2D eigenvalue weighted by molar-refractivity contribution is -0.131. The number of hydrogen-bond acceptors (Lipinski definition) is 4. The van der Waals surface area contributed by atoms with E-state index in [1.54, 1.807) is 12.1 Å². The zero-order chi connectivity index (χ0) is 17.3. The van der Waals surface area contributed by atoms with Gasteiger partial charge in [0.25, 0.3) is 0 Å². The van der Waals surface area contributed by atoms with Crippen LogP contribution in [0.4, 0.5) is 0 Å². The Balaban J connectivity index is 2.09. The molecule has 0 fully saturated rings. The van der Waals surface area contributed by atoms with E-state index in [9.17, 15) is 14.4 Å². The van der Waals surface area contributed by atoms with Crippen molar-refractivity contribution in [2.45, 2.75) is 13.3 Å². The number of ether oxygens (including phenoxy) is 1. The Morgan fingerprint density at radius 2 is 1.71 bits per heavy atom. The van der Waals surface area contributed by atoms with Crippen LogP contribution >= 0.6 is 15.9 Å². The van der Waals surface area contributed by atoms with Crippen LogP contribution in [0.5, 0.6) is 5.75 Å². The number of carbonyl (C=O) groups is 3. The van der Waals surface area contributed by atoms with Crippen LogP contribution in [0.15, 0.2) is 58.6 Å². The number of allylic oxidation sites excluding steroid dienone is 2. The van der Waals surface area contributed by atoms with Crippen molar-refractivity contribution in [2.24, 2.45) is 0 Å². The molecule has 1 aliphatic rings. The van der Waals surface area contributed by atoms with Crippen LogP contribution in [0.1, 0.15) is 33.2 Å². The van der Waals surface area contributed by atoms with E-state index < -0.39 is 5.97 Å². The maximum absolute atomic E-state index is 12.9. The molecular weight excluding hydrogens is 372 g/mol. The largest absolute Gasteiger partial charge is 0.426 e. The maximum atomic E-state index is 12.9. The summed E-state index contributed by atoms with van der Waals surface area (Å²) in [7, 11) is 0. The van der Waals surface area contributed by atoms with Gasteiger partial charge in [-0.2, -0.15) is 0 Å². The third-order valence-electron chi connectivity index (χ3n) is 3.71. The van der Waals surface area contributed by atoms with Crippen molar-refractivity contribution >= 4 is 33.5 Å². The van der Waals surface area contributed by atoms with Gasteiger partial charge >= 0.3 is 5.97 Å². The molecule has 0 aromatic heterocycles. The Morgan fingerprint density at radius 1 is 1.00 bits per heavy atom. The van der Waals surface area contributed by atoms with Gasteiger partial charge in [0, 0.05) is 24.5 Å². The summed E-state index contributed by atoms with van der Waals surface area (Å²) in [5.41, 5.74) is 1.66. The first-order valence-corrected chi connectivity index (χ1v) is 8.11. The molecule has 24 heavy (non-hydrogen) atoms. The van der Waals surface area contributed by atoms with E-state index in [0.717, 1.165) is 5.56 Å². The Hall–Kier alpha value is -2.53. The molecule has 0 amide bonds. The quantitative estimate of drug-likeness (QED) is 0.594. The van der Waals surface area contributed by atoms with E-state index >= 15 is 0 Å². The van der Waals surface area contributed by atoms with Gasteiger partial charge in [0.1, 0.15) is 5.75 Å². The van der Waals surface area contributed by atoms with Gasteiger partial charge in [0.15, 0.2) is 5.78 Å². The Morgan fingerprint density at radius 3 is 2.38 bits per heavy atom. The molecule has 0 spiro atoms. The van der Waals surface area contributed by atoms with Crippen LogP contribution < -0.4 is 4.74 Å². The summed E-state index contributed by atoms with van der Waals surface area (Å²) in [5.74, 6) is -1.02. The molecule has 0 saturated heterocycles. The summed E-state index contributed by atoms with van der Waals surface area (Å²) in [6, 6.07) is 14.1. The van der Waals surface area contributed by atoms with Crippen LogP contribution in [0.25, 0.3) is 0 Å². The molecule has 120 valence electrons. The Kier molecular flexibility index (Phi) is 4.44. The van der Waals surface area contributed by atoms with Crippen LogP contribution in [0.2, 0.25) is 0 Å². The normalized spacial score (nSPS) is 13.8. The number of ketones is 2. The molecule has 1 aliphatic carbocycles. The molecule has 2 aromatic carbocycles. The number of esters is 1. The second-order valence-corrected chi connectivity index (χ2v) is 6.18. The summed E-state index contributed by atoms with van der Waals surface area (Å²) in [6.07, 6.45) is 0.319. The zero-order valence-electron chi connectivity index (χ0n) is 12.8. The minimum absolute atomic E-state index is 0.115. The van der Waals surface area contributed by atoms with E-state index in [2.05, 4.69) is 15.9 Å². The molecule has 4 nitrogen and oxygen atoms in total. The summed E-state index contributed by atoms with van der Waals surface area (Å²) in [4.78, 5) is 36.8. The Bertz CT molecular complexity index is 881. The average molecular weight is 385 g/mol. The molecule has 0 radical (unpaired) electrons. The number of Topliss-reactive ketones (excluding diaryl/α,β-unsaturated/α-hetero) is 2. The van der Waals surface area contributed by atoms with Gasteiger partial charge in [0.2, 0.25) is 5.78 Å². The van der Waals surface area contributed by atoms with Crippen molar-refractivity contribution in [1.82, 2.24) is 0 Å². The highest BCUT2D eigenvalue weighted by molar-refractivity contribution is 9.12. The van der Waals surface area contributed by atoms with Crippen LogP contribution in [0, 0.1) is 0 Å². The number of rotatable bonds is 3. The zero-order valence-corrected chi connectivity index (χ0v) is 14.4. The Labute approximate surface area is 147 Å². The smallest absolute Gasteiger partial charge is 0.308 e. The molecule has 2 aromatic rings. The van der Waals surface area contributed by atoms with Crippen molar-refractivity contribution in [1.29, 1.82) is 0 Å². The fourth-order valence-electron chi connectivity index (χ4n) is 2.66. The molecule has 0 bridgehead atoms. The van der Waals surface area contributed by atoms with E-state index in [4.69, 9.17) is 4.74 Å². The number of hydrogen-bond donors (Lipinski definition) is 0. The van der Waals surface area contributed by atoms with Crippen molar-refractivity contribution in [2.75, 3.05) is 0 Å². The fourth-order valence-corrected chi connectivity index (χ4v) is 3.19. The molecule has 5 heteroatoms. The highest BCUT2D eigenvalue weighted by atomic mass is 79.9. The van der Waals surface area contributed by atoms with Gasteiger partial charge in [-0.15, -0.1) is 0 Å². The standard InChI is InChI=1S/C19H13BrO4/c1-11(21)24-15-9-5-8-13-16(15)18(22)14(17(20)19(13)23)10-12-6-3-2-4-7-12/h2-9H,10H2,1H3. The van der Waals surface area contributed by atoms with Crippen LogP contribution in [-0.4, -0.2) is 17.5 Å². The fraction of sp³-hybridized carbons (Fsp3) is 0.105. The topological polar surface area (TPSA) is 60.4 Å². The lowest BCUT2D eigenvalue weighted by Gasteiger charge is -2.20. The lowest BCUT2D eigenvalue weighted by atomic mass is 9.86. The predicted octanol–water partition coefficient (Wildman–Crippen LogP) is 3.88. The molecule has 0 heterocycles. The van der Waals surface area contributed by atoms with Gasteiger partial charge in [-0.25, -0.2) is 0 Å². The second kappa shape index (κ2) is 6.53. The van der Waals surface area contributed by atoms with Gasteiger partial charge < -0.3 is 4.74 Å². The summed E-state index contributed by atoms with van der Waals surface area (Å²) in [5, 5.41) is 0. The maximum Gasteiger partial charge on any atom is 0.308 e. The first-order valence-electron chi connectivity index (χ1n) is 7.32. The number of halogens is 1.